The van der Waals surface area contributed by atoms with Crippen molar-refractivity contribution in [3.8, 4) is 11.5 Å². The molecule has 0 aromatic heterocycles. The van der Waals surface area contributed by atoms with Crippen molar-refractivity contribution in [3.63, 3.8) is 0 Å². The maximum absolute atomic E-state index is 14.4. The van der Waals surface area contributed by atoms with E-state index in [-0.39, 0.29) is 23.1 Å². The Hall–Kier alpha value is -3.27. The van der Waals surface area contributed by atoms with Crippen molar-refractivity contribution in [2.75, 3.05) is 11.4 Å². The van der Waals surface area contributed by atoms with Gasteiger partial charge >= 0.3 is 12.4 Å². The van der Waals surface area contributed by atoms with Gasteiger partial charge in [0.15, 0.2) is 6.10 Å². The number of rotatable bonds is 7. The third-order valence-corrected chi connectivity index (χ3v) is 4.92. The van der Waals surface area contributed by atoms with Gasteiger partial charge in [0.2, 0.25) is 0 Å². The number of hydrogen-bond acceptors (Lipinski definition) is 3. The molecule has 0 heterocycles. The van der Waals surface area contributed by atoms with Crippen LogP contribution in [0.1, 0.15) is 16.7 Å². The second-order valence-electron chi connectivity index (χ2n) is 7.66. The quantitative estimate of drug-likeness (QED) is 0.369. The first-order valence-corrected chi connectivity index (χ1v) is 10.0. The second kappa shape index (κ2) is 9.92. The fourth-order valence-electron chi connectivity index (χ4n) is 3.19. The topological polar surface area (TPSA) is 32.7 Å². The zero-order valence-electron chi connectivity index (χ0n) is 17.8. The Labute approximate surface area is 191 Å². The summed E-state index contributed by atoms with van der Waals surface area (Å²) in [6.07, 6.45) is -12.5. The van der Waals surface area contributed by atoms with E-state index in [9.17, 15) is 35.8 Å². The van der Waals surface area contributed by atoms with Crippen LogP contribution in [0.5, 0.6) is 11.5 Å². The number of aryl methyl sites for hydroxylation is 1. The molecule has 0 saturated carbocycles. The van der Waals surface area contributed by atoms with E-state index in [2.05, 4.69) is 0 Å². The summed E-state index contributed by atoms with van der Waals surface area (Å²) in [5.41, 5.74) is -0.425. The summed E-state index contributed by atoms with van der Waals surface area (Å²) in [6.45, 7) is 0.352. The van der Waals surface area contributed by atoms with Crippen LogP contribution in [0, 0.1) is 12.7 Å². The zero-order valence-corrected chi connectivity index (χ0v) is 17.8. The van der Waals surface area contributed by atoms with Crippen molar-refractivity contribution in [2.24, 2.45) is 0 Å². The van der Waals surface area contributed by atoms with Gasteiger partial charge in [0.25, 0.3) is 0 Å². The van der Waals surface area contributed by atoms with E-state index >= 15 is 0 Å². The third-order valence-electron chi connectivity index (χ3n) is 4.92. The van der Waals surface area contributed by atoms with Gasteiger partial charge in [0.05, 0.1) is 12.1 Å². The van der Waals surface area contributed by atoms with E-state index in [0.29, 0.717) is 11.8 Å². The number of halogens is 7. The van der Waals surface area contributed by atoms with E-state index in [0.717, 1.165) is 16.5 Å². The summed E-state index contributed by atoms with van der Waals surface area (Å²) in [5, 5.41) is 9.61. The summed E-state index contributed by atoms with van der Waals surface area (Å²) >= 11 is 0. The van der Waals surface area contributed by atoms with E-state index in [4.69, 9.17) is 4.74 Å². The van der Waals surface area contributed by atoms with Gasteiger partial charge in [-0.05, 0) is 48.9 Å². The first-order chi connectivity index (χ1) is 15.8. The highest BCUT2D eigenvalue weighted by molar-refractivity contribution is 5.52. The Morgan fingerprint density at radius 1 is 0.882 bits per heavy atom. The molecule has 0 spiro atoms. The summed E-state index contributed by atoms with van der Waals surface area (Å²) < 4.78 is 97.7. The Morgan fingerprint density at radius 3 is 2.12 bits per heavy atom. The molecule has 182 valence electrons. The molecule has 0 aliphatic heterocycles. The van der Waals surface area contributed by atoms with Crippen molar-refractivity contribution in [3.05, 3.63) is 89.2 Å². The number of aliphatic hydroxyl groups is 1. The van der Waals surface area contributed by atoms with Crippen LogP contribution in [-0.2, 0) is 12.7 Å². The molecule has 3 nitrogen and oxygen atoms in total. The molecule has 3 aromatic carbocycles. The predicted molar refractivity (Wildman–Crippen MR) is 112 cm³/mol. The molecule has 1 N–H and O–H groups in total. The monoisotopic (exact) mass is 487 g/mol. The van der Waals surface area contributed by atoms with Gasteiger partial charge in [-0.25, -0.2) is 4.39 Å². The minimum atomic E-state index is -4.95. The summed E-state index contributed by atoms with van der Waals surface area (Å²) in [4.78, 5) is 1.02. The average Bonchev–Trinajstić information content (AvgIpc) is 2.73. The lowest BCUT2D eigenvalue weighted by Gasteiger charge is -2.29. The van der Waals surface area contributed by atoms with E-state index < -0.39 is 42.9 Å². The van der Waals surface area contributed by atoms with Crippen LogP contribution in [0.3, 0.4) is 0 Å². The van der Waals surface area contributed by atoms with Crippen LogP contribution in [0.15, 0.2) is 66.7 Å². The molecule has 3 aromatic rings. The predicted octanol–water partition coefficient (Wildman–Crippen LogP) is 6.88. The van der Waals surface area contributed by atoms with E-state index in [1.54, 1.807) is 24.3 Å². The molecule has 34 heavy (non-hydrogen) atoms. The standard InChI is InChI=1S/C24H20F7NO2/c1-15-4-2-6-19(10-15)34-20-7-3-5-18(12-20)32(14-22(33)24(29,30)31)13-16-8-9-17(11-21(16)25)23(26,27)28/h2-12,22,33H,13-14H2,1H3. The number of alkyl halides is 6. The Balaban J connectivity index is 1.92. The van der Waals surface area contributed by atoms with Crippen LogP contribution < -0.4 is 9.64 Å². The highest BCUT2D eigenvalue weighted by Crippen LogP contribution is 2.32. The first kappa shape index (κ1) is 25.4. The fourth-order valence-corrected chi connectivity index (χ4v) is 3.19. The van der Waals surface area contributed by atoms with Crippen molar-refractivity contribution in [2.45, 2.75) is 31.9 Å². The molecule has 0 saturated heterocycles. The molecule has 0 fully saturated rings. The summed E-state index contributed by atoms with van der Waals surface area (Å²) in [5.74, 6) is -0.483. The maximum atomic E-state index is 14.4. The van der Waals surface area contributed by atoms with Gasteiger partial charge in [0.1, 0.15) is 17.3 Å². The Kier molecular flexibility index (Phi) is 7.40. The smallest absolute Gasteiger partial charge is 0.416 e. The normalized spacial score (nSPS) is 13.0. The van der Waals surface area contributed by atoms with Crippen LogP contribution in [-0.4, -0.2) is 23.9 Å². The van der Waals surface area contributed by atoms with Gasteiger partial charge in [-0.1, -0.05) is 24.3 Å². The lowest BCUT2D eigenvalue weighted by Crippen LogP contribution is -2.41. The van der Waals surface area contributed by atoms with Gasteiger partial charge in [-0.15, -0.1) is 0 Å². The SMILES string of the molecule is Cc1cccc(Oc2cccc(N(Cc3ccc(C(F)(F)F)cc3F)CC(O)C(F)(F)F)c2)c1. The van der Waals surface area contributed by atoms with E-state index in [1.807, 2.05) is 13.0 Å². The van der Waals surface area contributed by atoms with Crippen LogP contribution in [0.25, 0.3) is 0 Å². The lowest BCUT2D eigenvalue weighted by molar-refractivity contribution is -0.200. The number of benzene rings is 3. The molecular weight excluding hydrogens is 467 g/mol. The highest BCUT2D eigenvalue weighted by atomic mass is 19.4. The second-order valence-corrected chi connectivity index (χ2v) is 7.66. The summed E-state index contributed by atoms with van der Waals surface area (Å²) in [7, 11) is 0. The fraction of sp³-hybridized carbons (Fsp3) is 0.250. The highest BCUT2D eigenvalue weighted by Gasteiger charge is 2.39. The molecule has 1 unspecified atom stereocenters. The van der Waals surface area contributed by atoms with Gasteiger partial charge < -0.3 is 14.7 Å². The van der Waals surface area contributed by atoms with Gasteiger partial charge in [0, 0.05) is 23.9 Å². The molecule has 0 radical (unpaired) electrons. The molecule has 10 heteroatoms. The number of aliphatic hydroxyl groups excluding tert-OH is 1. The van der Waals surface area contributed by atoms with Crippen LogP contribution in [0.2, 0.25) is 0 Å². The molecule has 1 atom stereocenters. The van der Waals surface area contributed by atoms with Crippen molar-refractivity contribution < 1.29 is 40.6 Å². The number of ether oxygens (including phenoxy) is 1. The molecule has 3 rings (SSSR count). The van der Waals surface area contributed by atoms with Crippen molar-refractivity contribution >= 4 is 5.69 Å². The lowest BCUT2D eigenvalue weighted by atomic mass is 10.1. The van der Waals surface area contributed by atoms with E-state index in [1.165, 1.54) is 18.2 Å². The molecule has 0 aliphatic rings. The van der Waals surface area contributed by atoms with Gasteiger partial charge in [-0.3, -0.25) is 0 Å². The largest absolute Gasteiger partial charge is 0.457 e. The van der Waals surface area contributed by atoms with Gasteiger partial charge in [-0.2, -0.15) is 26.3 Å². The minimum Gasteiger partial charge on any atom is -0.457 e. The Bertz CT molecular complexity index is 1130. The van der Waals surface area contributed by atoms with Crippen LogP contribution in [0.4, 0.5) is 36.4 Å². The number of anilines is 1. The first-order valence-electron chi connectivity index (χ1n) is 10.0. The van der Waals surface area contributed by atoms with Crippen LogP contribution >= 0.6 is 0 Å². The van der Waals surface area contributed by atoms with Crippen molar-refractivity contribution in [1.82, 2.24) is 0 Å². The molecular formula is C24H20F7NO2. The Morgan fingerprint density at radius 2 is 1.53 bits per heavy atom. The molecule has 0 bridgehead atoms. The number of nitrogens with zero attached hydrogens (tertiary/aromatic N) is 1. The molecule has 0 aliphatic carbocycles. The molecule has 0 amide bonds. The zero-order chi connectivity index (χ0) is 25.1. The summed E-state index contributed by atoms with van der Waals surface area (Å²) in [6, 6.07) is 14.7. The third kappa shape index (κ3) is 6.63. The number of hydrogen-bond donors (Lipinski definition) is 1. The average molecular weight is 487 g/mol. The minimum absolute atomic E-state index is 0.146. The van der Waals surface area contributed by atoms with Crippen molar-refractivity contribution in [1.29, 1.82) is 0 Å². The maximum Gasteiger partial charge on any atom is 0.416 e.